The molecule has 0 spiro atoms. The summed E-state index contributed by atoms with van der Waals surface area (Å²) < 4.78 is 0. The van der Waals surface area contributed by atoms with Crippen LogP contribution in [0.25, 0.3) is 54.9 Å². The Morgan fingerprint density at radius 3 is 1.06 bits per heavy atom. The Hall–Kier alpha value is -6.94. The highest BCUT2D eigenvalue weighted by Gasteiger charge is 2.14. The molecule has 0 atom stereocenters. The van der Waals surface area contributed by atoms with Crippen molar-refractivity contribution >= 4 is 38.6 Å². The predicted octanol–water partition coefficient (Wildman–Crippen LogP) is 12.2. The van der Waals surface area contributed by atoms with E-state index in [2.05, 4.69) is 175 Å². The lowest BCUT2D eigenvalue weighted by molar-refractivity contribution is 1.28. The maximum absolute atomic E-state index is 9.56. The van der Waals surface area contributed by atoms with Crippen molar-refractivity contribution < 1.29 is 0 Å². The Kier molecular flexibility index (Phi) is 7.63. The lowest BCUT2D eigenvalue weighted by Gasteiger charge is -2.26. The van der Waals surface area contributed by atoms with E-state index in [0.29, 0.717) is 11.1 Å². The average molecular weight is 624 g/mol. The lowest BCUT2D eigenvalue weighted by atomic mass is 9.99. The number of anilines is 3. The third-order valence-corrected chi connectivity index (χ3v) is 9.14. The zero-order valence-electron chi connectivity index (χ0n) is 26.6. The first-order valence-corrected chi connectivity index (χ1v) is 16.2. The fraction of sp³-hybridized carbons (Fsp3) is 0. The van der Waals surface area contributed by atoms with E-state index in [1.54, 1.807) is 12.1 Å². The van der Waals surface area contributed by atoms with E-state index in [-0.39, 0.29) is 0 Å². The van der Waals surface area contributed by atoms with Gasteiger partial charge in [-0.25, -0.2) is 0 Å². The maximum atomic E-state index is 9.56. The largest absolute Gasteiger partial charge is 0.311 e. The fourth-order valence-corrected chi connectivity index (χ4v) is 6.51. The lowest BCUT2D eigenvalue weighted by Crippen LogP contribution is -2.09. The summed E-state index contributed by atoms with van der Waals surface area (Å²) in [5.41, 5.74) is 10.4. The van der Waals surface area contributed by atoms with Crippen molar-refractivity contribution in [2.45, 2.75) is 0 Å². The number of benzene rings is 8. The van der Waals surface area contributed by atoms with Crippen LogP contribution >= 0.6 is 0 Å². The molecule has 0 radical (unpaired) electrons. The molecule has 0 fully saturated rings. The Labute approximate surface area is 285 Å². The Balaban J connectivity index is 1.17. The van der Waals surface area contributed by atoms with E-state index in [1.807, 2.05) is 6.07 Å². The minimum Gasteiger partial charge on any atom is -0.311 e. The van der Waals surface area contributed by atoms with E-state index in [0.717, 1.165) is 39.3 Å². The predicted molar refractivity (Wildman–Crippen MR) is 202 cm³/mol. The summed E-state index contributed by atoms with van der Waals surface area (Å²) in [7, 11) is 0. The van der Waals surface area contributed by atoms with Gasteiger partial charge in [0, 0.05) is 17.1 Å². The summed E-state index contributed by atoms with van der Waals surface area (Å²) in [6.07, 6.45) is 0. The van der Waals surface area contributed by atoms with Gasteiger partial charge in [-0.2, -0.15) is 10.5 Å². The van der Waals surface area contributed by atoms with Gasteiger partial charge in [-0.1, -0.05) is 115 Å². The molecule has 3 heteroatoms. The molecule has 49 heavy (non-hydrogen) atoms. The number of nitrogens with zero attached hydrogens (tertiary/aromatic N) is 3. The van der Waals surface area contributed by atoms with E-state index in [1.165, 1.54) is 32.7 Å². The SMILES string of the molecule is N#Cc1ccc(-c2ccc(N(c3ccc(-c4ccc5ccccc5c4)cc3)c3ccc(-c4ccc5ccccc5c4)cc3)cc2)cc1C#N. The highest BCUT2D eigenvalue weighted by molar-refractivity contribution is 5.89. The third-order valence-electron chi connectivity index (χ3n) is 9.14. The summed E-state index contributed by atoms with van der Waals surface area (Å²) in [6, 6.07) is 65.5. The van der Waals surface area contributed by atoms with Crippen molar-refractivity contribution in [2.24, 2.45) is 0 Å². The summed E-state index contributed by atoms with van der Waals surface area (Å²) >= 11 is 0. The molecule has 0 aliphatic heterocycles. The number of nitriles is 2. The molecule has 0 aromatic heterocycles. The number of hydrogen-bond donors (Lipinski definition) is 0. The summed E-state index contributed by atoms with van der Waals surface area (Å²) in [5, 5.41) is 23.8. The molecule has 0 unspecified atom stereocenters. The average Bonchev–Trinajstić information content (AvgIpc) is 3.18. The zero-order chi connectivity index (χ0) is 33.2. The van der Waals surface area contributed by atoms with Crippen LogP contribution in [0.15, 0.2) is 176 Å². The smallest absolute Gasteiger partial charge is 0.101 e. The molecule has 228 valence electrons. The van der Waals surface area contributed by atoms with Gasteiger partial charge in [-0.3, -0.25) is 0 Å². The van der Waals surface area contributed by atoms with Crippen molar-refractivity contribution in [1.29, 1.82) is 10.5 Å². The van der Waals surface area contributed by atoms with Crippen molar-refractivity contribution in [3.63, 3.8) is 0 Å². The first kappa shape index (κ1) is 29.5. The Morgan fingerprint density at radius 2 is 0.653 bits per heavy atom. The molecule has 0 heterocycles. The minimum atomic E-state index is 0.378. The molecule has 0 saturated carbocycles. The van der Waals surface area contributed by atoms with Gasteiger partial charge in [-0.15, -0.1) is 0 Å². The molecule has 8 aromatic rings. The van der Waals surface area contributed by atoms with E-state index in [4.69, 9.17) is 0 Å². The van der Waals surface area contributed by atoms with Crippen LogP contribution in [-0.2, 0) is 0 Å². The van der Waals surface area contributed by atoms with Crippen molar-refractivity contribution in [3.8, 4) is 45.5 Å². The monoisotopic (exact) mass is 623 g/mol. The highest BCUT2D eigenvalue weighted by atomic mass is 15.1. The molecule has 8 rings (SSSR count). The van der Waals surface area contributed by atoms with E-state index >= 15 is 0 Å². The van der Waals surface area contributed by atoms with Crippen LogP contribution in [-0.4, -0.2) is 0 Å². The Bertz CT molecular complexity index is 2430. The first-order valence-electron chi connectivity index (χ1n) is 16.2. The Morgan fingerprint density at radius 1 is 0.306 bits per heavy atom. The van der Waals surface area contributed by atoms with Crippen molar-refractivity contribution in [2.75, 3.05) is 4.90 Å². The van der Waals surface area contributed by atoms with Gasteiger partial charge in [0.1, 0.15) is 12.1 Å². The van der Waals surface area contributed by atoms with Gasteiger partial charge in [0.25, 0.3) is 0 Å². The second-order valence-electron chi connectivity index (χ2n) is 12.1. The molecule has 0 aliphatic rings. The molecule has 8 aromatic carbocycles. The summed E-state index contributed by atoms with van der Waals surface area (Å²) in [6.45, 7) is 0. The molecule has 0 N–H and O–H groups in total. The van der Waals surface area contributed by atoms with Crippen LogP contribution in [0.5, 0.6) is 0 Å². The topological polar surface area (TPSA) is 50.8 Å². The third kappa shape index (κ3) is 5.79. The normalized spacial score (nSPS) is 10.8. The minimum absolute atomic E-state index is 0.378. The van der Waals surface area contributed by atoms with Gasteiger partial charge in [-0.05, 0) is 116 Å². The van der Waals surface area contributed by atoms with Crippen LogP contribution in [0.4, 0.5) is 17.1 Å². The zero-order valence-corrected chi connectivity index (χ0v) is 26.6. The molecule has 0 bridgehead atoms. The van der Waals surface area contributed by atoms with Crippen LogP contribution < -0.4 is 4.90 Å². The summed E-state index contributed by atoms with van der Waals surface area (Å²) in [4.78, 5) is 2.26. The molecule has 0 saturated heterocycles. The van der Waals surface area contributed by atoms with Crippen LogP contribution in [0.2, 0.25) is 0 Å². The second kappa shape index (κ2) is 12.7. The van der Waals surface area contributed by atoms with Crippen molar-refractivity contribution in [3.05, 3.63) is 187 Å². The fourth-order valence-electron chi connectivity index (χ4n) is 6.51. The van der Waals surface area contributed by atoms with E-state index in [9.17, 15) is 10.5 Å². The van der Waals surface area contributed by atoms with E-state index < -0.39 is 0 Å². The van der Waals surface area contributed by atoms with Crippen LogP contribution in [0, 0.1) is 22.7 Å². The molecule has 0 amide bonds. The molecular weight excluding hydrogens is 595 g/mol. The second-order valence-corrected chi connectivity index (χ2v) is 12.1. The van der Waals surface area contributed by atoms with Crippen LogP contribution in [0.3, 0.4) is 0 Å². The first-order chi connectivity index (χ1) is 24.2. The number of rotatable bonds is 6. The van der Waals surface area contributed by atoms with Gasteiger partial charge < -0.3 is 4.90 Å². The number of hydrogen-bond acceptors (Lipinski definition) is 3. The quantitative estimate of drug-likeness (QED) is 0.185. The standard InChI is InChI=1S/C46H29N3/c47-30-42-14-13-41(29-43(42)31-48)36-19-25-46(26-20-36)49(44-21-15-34(16-22-44)39-11-9-32-5-1-3-7-37(32)27-39)45-23-17-35(18-24-45)40-12-10-33-6-2-4-8-38(33)28-40/h1-29H. The van der Waals surface area contributed by atoms with Gasteiger partial charge >= 0.3 is 0 Å². The maximum Gasteiger partial charge on any atom is 0.101 e. The van der Waals surface area contributed by atoms with Gasteiger partial charge in [0.15, 0.2) is 0 Å². The van der Waals surface area contributed by atoms with Gasteiger partial charge in [0.2, 0.25) is 0 Å². The van der Waals surface area contributed by atoms with Crippen LogP contribution in [0.1, 0.15) is 11.1 Å². The van der Waals surface area contributed by atoms with Gasteiger partial charge in [0.05, 0.1) is 11.1 Å². The molecule has 3 nitrogen and oxygen atoms in total. The molecule has 0 aliphatic carbocycles. The summed E-state index contributed by atoms with van der Waals surface area (Å²) in [5.74, 6) is 0. The molecular formula is C46H29N3. The highest BCUT2D eigenvalue weighted by Crippen LogP contribution is 2.38. The number of fused-ring (bicyclic) bond motifs is 2. The van der Waals surface area contributed by atoms with Crippen molar-refractivity contribution in [1.82, 2.24) is 0 Å².